The Bertz CT molecular complexity index is 910. The van der Waals surface area contributed by atoms with E-state index in [0.29, 0.717) is 18.5 Å². The van der Waals surface area contributed by atoms with E-state index in [0.717, 1.165) is 25.3 Å². The molecule has 0 heterocycles. The zero-order valence-electron chi connectivity index (χ0n) is 19.1. The molecule has 0 aromatic heterocycles. The molecule has 0 aliphatic heterocycles. The van der Waals surface area contributed by atoms with Crippen molar-refractivity contribution in [3.05, 3.63) is 35.4 Å². The molecule has 2 amide bonds. The fourth-order valence-corrected chi connectivity index (χ4v) is 5.99. The van der Waals surface area contributed by atoms with Crippen LogP contribution < -0.4 is 10.6 Å². The topological polar surface area (TPSA) is 70.6 Å². The number of nitrogens with one attached hydrogen (secondary N) is 2. The van der Waals surface area contributed by atoms with Gasteiger partial charge in [0.15, 0.2) is 0 Å². The van der Waals surface area contributed by atoms with Crippen molar-refractivity contribution in [3.63, 3.8) is 0 Å². The van der Waals surface area contributed by atoms with Crippen LogP contribution in [0, 0.1) is 27.9 Å². The fourth-order valence-electron chi connectivity index (χ4n) is 5.99. The summed E-state index contributed by atoms with van der Waals surface area (Å²) in [5.74, 6) is -1.18. The SMILES string of the molecule is CC1(C)CC(NC(=O)NCC2(c3ccc(F)cc3F)CC2(C)C)CC(C)(CN=C=O)C1. The summed E-state index contributed by atoms with van der Waals surface area (Å²) in [6.07, 6.45) is 4.78. The molecule has 31 heavy (non-hydrogen) atoms. The Balaban J connectivity index is 1.67. The molecular formula is C24H33F2N3O2. The normalized spacial score (nSPS) is 30.7. The van der Waals surface area contributed by atoms with Crippen molar-refractivity contribution in [1.29, 1.82) is 0 Å². The van der Waals surface area contributed by atoms with Crippen LogP contribution in [-0.2, 0) is 10.2 Å². The number of aliphatic imine (C=N–C) groups is 1. The van der Waals surface area contributed by atoms with E-state index in [1.165, 1.54) is 12.1 Å². The highest BCUT2D eigenvalue weighted by atomic mass is 19.1. The van der Waals surface area contributed by atoms with Crippen LogP contribution in [0.4, 0.5) is 13.6 Å². The predicted octanol–water partition coefficient (Wildman–Crippen LogP) is 4.85. The average Bonchev–Trinajstić information content (AvgIpc) is 3.18. The molecule has 3 unspecified atom stereocenters. The number of halogens is 2. The van der Waals surface area contributed by atoms with Gasteiger partial charge in [0.05, 0.1) is 6.54 Å². The maximum atomic E-state index is 14.5. The van der Waals surface area contributed by atoms with Gasteiger partial charge in [-0.2, -0.15) is 0 Å². The van der Waals surface area contributed by atoms with Crippen molar-refractivity contribution in [3.8, 4) is 0 Å². The van der Waals surface area contributed by atoms with Gasteiger partial charge in [-0.1, -0.05) is 40.7 Å². The van der Waals surface area contributed by atoms with Crippen LogP contribution in [0.25, 0.3) is 0 Å². The standard InChI is InChI=1S/C24H33F2N3O2/c1-21(2)9-17(10-23(5,11-21)13-27-15-30)29-20(31)28-14-24(12-22(24,3)4)18-7-6-16(25)8-19(18)26/h6-8,17H,9-14H2,1-5H3,(H2,28,29,31). The third kappa shape index (κ3) is 4.98. The van der Waals surface area contributed by atoms with Crippen molar-refractivity contribution in [2.75, 3.05) is 13.1 Å². The molecular weight excluding hydrogens is 400 g/mol. The first-order valence-electron chi connectivity index (χ1n) is 10.9. The van der Waals surface area contributed by atoms with Gasteiger partial charge >= 0.3 is 6.03 Å². The van der Waals surface area contributed by atoms with E-state index in [4.69, 9.17) is 0 Å². The second-order valence-electron chi connectivity index (χ2n) is 11.3. The van der Waals surface area contributed by atoms with Gasteiger partial charge < -0.3 is 10.6 Å². The Morgan fingerprint density at radius 1 is 1.16 bits per heavy atom. The van der Waals surface area contributed by atoms with E-state index in [9.17, 15) is 18.4 Å². The van der Waals surface area contributed by atoms with Crippen LogP contribution in [0.1, 0.15) is 65.9 Å². The zero-order valence-corrected chi connectivity index (χ0v) is 19.1. The van der Waals surface area contributed by atoms with Crippen molar-refractivity contribution >= 4 is 12.1 Å². The second-order valence-corrected chi connectivity index (χ2v) is 11.3. The van der Waals surface area contributed by atoms with Crippen molar-refractivity contribution in [1.82, 2.24) is 10.6 Å². The molecule has 0 saturated heterocycles. The van der Waals surface area contributed by atoms with E-state index < -0.39 is 17.0 Å². The van der Waals surface area contributed by atoms with Crippen LogP contribution in [0.2, 0.25) is 0 Å². The lowest BCUT2D eigenvalue weighted by Gasteiger charge is -2.46. The van der Waals surface area contributed by atoms with Gasteiger partial charge in [-0.3, -0.25) is 0 Å². The summed E-state index contributed by atoms with van der Waals surface area (Å²) in [6.45, 7) is 11.1. The molecule has 0 bridgehead atoms. The number of isocyanates is 1. The molecule has 7 heteroatoms. The van der Waals surface area contributed by atoms with Gasteiger partial charge in [0.1, 0.15) is 11.6 Å². The van der Waals surface area contributed by atoms with Gasteiger partial charge in [0.25, 0.3) is 0 Å². The van der Waals surface area contributed by atoms with E-state index in [1.807, 2.05) is 13.8 Å². The third-order valence-corrected chi connectivity index (χ3v) is 7.22. The molecule has 5 nitrogen and oxygen atoms in total. The molecule has 0 radical (unpaired) electrons. The minimum atomic E-state index is -0.609. The summed E-state index contributed by atoms with van der Waals surface area (Å²) < 4.78 is 27.9. The summed E-state index contributed by atoms with van der Waals surface area (Å²) in [7, 11) is 0. The van der Waals surface area contributed by atoms with Gasteiger partial charge in [-0.25, -0.2) is 23.4 Å². The monoisotopic (exact) mass is 433 g/mol. The number of hydrogen-bond donors (Lipinski definition) is 2. The Kier molecular flexibility index (Phi) is 6.05. The first kappa shape index (κ1) is 23.4. The van der Waals surface area contributed by atoms with Crippen LogP contribution >= 0.6 is 0 Å². The maximum Gasteiger partial charge on any atom is 0.315 e. The number of urea groups is 1. The van der Waals surface area contributed by atoms with Crippen molar-refractivity contribution in [2.45, 2.75) is 71.8 Å². The number of benzene rings is 1. The largest absolute Gasteiger partial charge is 0.337 e. The molecule has 2 N–H and O–H groups in total. The quantitative estimate of drug-likeness (QED) is 0.497. The van der Waals surface area contributed by atoms with Crippen LogP contribution in [0.3, 0.4) is 0 Å². The smallest absolute Gasteiger partial charge is 0.315 e. The summed E-state index contributed by atoms with van der Waals surface area (Å²) in [4.78, 5) is 27.1. The first-order valence-corrected chi connectivity index (χ1v) is 10.9. The first-order chi connectivity index (χ1) is 14.3. The fraction of sp³-hybridized carbons (Fsp3) is 0.667. The molecule has 2 aliphatic rings. The molecule has 2 saturated carbocycles. The number of nitrogens with zero attached hydrogens (tertiary/aromatic N) is 1. The highest BCUT2D eigenvalue weighted by Gasteiger charge is 2.62. The molecule has 3 atom stereocenters. The lowest BCUT2D eigenvalue weighted by atomic mass is 9.62. The predicted molar refractivity (Wildman–Crippen MR) is 115 cm³/mol. The minimum Gasteiger partial charge on any atom is -0.337 e. The van der Waals surface area contributed by atoms with Crippen molar-refractivity contribution < 1.29 is 18.4 Å². The lowest BCUT2D eigenvalue weighted by molar-refractivity contribution is 0.0807. The van der Waals surface area contributed by atoms with Crippen molar-refractivity contribution in [2.24, 2.45) is 21.2 Å². The number of amides is 2. The highest BCUT2D eigenvalue weighted by molar-refractivity contribution is 5.74. The van der Waals surface area contributed by atoms with Crippen LogP contribution in [0.5, 0.6) is 0 Å². The van der Waals surface area contributed by atoms with E-state index >= 15 is 0 Å². The minimum absolute atomic E-state index is 0.000295. The molecule has 1 aromatic rings. The summed E-state index contributed by atoms with van der Waals surface area (Å²) in [5, 5.41) is 6.00. The zero-order chi connectivity index (χ0) is 23.1. The number of carbonyl (C=O) groups is 1. The Hall–Kier alpha value is -2.27. The molecule has 0 spiro atoms. The van der Waals surface area contributed by atoms with Crippen LogP contribution in [0.15, 0.2) is 23.2 Å². The average molecular weight is 434 g/mol. The lowest BCUT2D eigenvalue weighted by Crippen LogP contribution is -2.51. The molecule has 2 aliphatic carbocycles. The van der Waals surface area contributed by atoms with E-state index in [-0.39, 0.29) is 34.9 Å². The summed E-state index contributed by atoms with van der Waals surface area (Å²) in [5.41, 5.74) is -0.496. The Morgan fingerprint density at radius 2 is 1.84 bits per heavy atom. The number of carbonyl (C=O) groups excluding carboxylic acids is 2. The summed E-state index contributed by atoms with van der Waals surface area (Å²) >= 11 is 0. The molecule has 2 fully saturated rings. The molecule has 1 aromatic carbocycles. The van der Waals surface area contributed by atoms with Crippen LogP contribution in [-0.4, -0.2) is 31.2 Å². The summed E-state index contributed by atoms with van der Waals surface area (Å²) in [6, 6.07) is 3.30. The third-order valence-electron chi connectivity index (χ3n) is 7.22. The van der Waals surface area contributed by atoms with E-state index in [1.54, 1.807) is 6.08 Å². The van der Waals surface area contributed by atoms with Gasteiger partial charge in [0, 0.05) is 24.1 Å². The van der Waals surface area contributed by atoms with Gasteiger partial charge in [-0.15, -0.1) is 0 Å². The Morgan fingerprint density at radius 3 is 2.42 bits per heavy atom. The van der Waals surface area contributed by atoms with Gasteiger partial charge in [-0.05, 0) is 53.6 Å². The van der Waals surface area contributed by atoms with E-state index in [2.05, 4.69) is 36.4 Å². The Labute approximate surface area is 183 Å². The molecule has 3 rings (SSSR count). The highest BCUT2D eigenvalue weighted by Crippen LogP contribution is 2.64. The molecule has 170 valence electrons. The van der Waals surface area contributed by atoms with Gasteiger partial charge in [0.2, 0.25) is 6.08 Å². The number of hydrogen-bond acceptors (Lipinski definition) is 3. The number of rotatable bonds is 6. The maximum absolute atomic E-state index is 14.5. The second kappa shape index (κ2) is 8.01.